The molecule has 0 amide bonds. The van der Waals surface area contributed by atoms with E-state index < -0.39 is 0 Å². The van der Waals surface area contributed by atoms with E-state index in [9.17, 15) is 4.91 Å². The number of hydrogen-bond acceptors (Lipinski definition) is 6. The lowest BCUT2D eigenvalue weighted by atomic mass is 9.95. The van der Waals surface area contributed by atoms with Gasteiger partial charge in [-0.3, -0.25) is 0 Å². The topological polar surface area (TPSA) is 79.3 Å². The minimum absolute atomic E-state index is 0.361. The molecule has 6 heteroatoms. The van der Waals surface area contributed by atoms with Gasteiger partial charge in [0.2, 0.25) is 0 Å². The van der Waals surface area contributed by atoms with E-state index in [0.717, 1.165) is 29.9 Å². The van der Waals surface area contributed by atoms with Crippen molar-refractivity contribution < 1.29 is 0 Å². The fourth-order valence-electron chi connectivity index (χ4n) is 3.68. The summed E-state index contributed by atoms with van der Waals surface area (Å²) < 4.78 is 0. The van der Waals surface area contributed by atoms with Gasteiger partial charge in [0.15, 0.2) is 11.6 Å². The van der Waals surface area contributed by atoms with Gasteiger partial charge in [0, 0.05) is 11.7 Å². The van der Waals surface area contributed by atoms with Crippen LogP contribution in [0.4, 0.5) is 23.0 Å². The predicted octanol–water partition coefficient (Wildman–Crippen LogP) is 6.13. The van der Waals surface area contributed by atoms with Crippen LogP contribution in [0.1, 0.15) is 43.2 Å². The van der Waals surface area contributed by atoms with Crippen LogP contribution in [0, 0.1) is 18.8 Å². The van der Waals surface area contributed by atoms with Crippen molar-refractivity contribution >= 4 is 34.0 Å². The molecule has 0 bridgehead atoms. The number of fused-ring (bicyclic) bond motifs is 1. The second-order valence-electron chi connectivity index (χ2n) is 7.59. The molecule has 1 aromatic heterocycles. The number of hydrogen-bond donors (Lipinski definition) is 2. The molecule has 1 saturated carbocycles. The number of nitrogens with one attached hydrogen (secondary N) is 2. The Labute approximate surface area is 164 Å². The Kier molecular flexibility index (Phi) is 5.19. The van der Waals surface area contributed by atoms with E-state index in [1.165, 1.54) is 30.4 Å². The van der Waals surface area contributed by atoms with Crippen LogP contribution in [0.25, 0.3) is 11.0 Å². The van der Waals surface area contributed by atoms with Gasteiger partial charge in [-0.1, -0.05) is 25.3 Å². The van der Waals surface area contributed by atoms with Crippen LogP contribution >= 0.6 is 0 Å². The largest absolute Gasteiger partial charge is 0.364 e. The highest BCUT2D eigenvalue weighted by atomic mass is 16.3. The van der Waals surface area contributed by atoms with Crippen LogP contribution in [0.15, 0.2) is 41.6 Å². The number of benzene rings is 2. The molecule has 0 saturated heterocycles. The van der Waals surface area contributed by atoms with Crippen LogP contribution in [-0.2, 0) is 0 Å². The average Bonchev–Trinajstić information content (AvgIpc) is 2.71. The molecule has 28 heavy (non-hydrogen) atoms. The zero-order chi connectivity index (χ0) is 19.5. The number of aromatic nitrogens is 2. The van der Waals surface area contributed by atoms with Crippen molar-refractivity contribution in [3.63, 3.8) is 0 Å². The Bertz CT molecular complexity index is 1010. The molecule has 0 atom stereocenters. The van der Waals surface area contributed by atoms with Crippen molar-refractivity contribution in [2.45, 2.75) is 52.0 Å². The lowest BCUT2D eigenvalue weighted by Gasteiger charge is -2.24. The molecule has 0 aliphatic heterocycles. The van der Waals surface area contributed by atoms with Crippen LogP contribution in [0.2, 0.25) is 0 Å². The number of nitroso groups, excluding NO2 is 1. The molecule has 4 rings (SSSR count). The first kappa shape index (κ1) is 18.3. The van der Waals surface area contributed by atoms with Gasteiger partial charge in [0.1, 0.15) is 5.69 Å². The summed E-state index contributed by atoms with van der Waals surface area (Å²) in [4.78, 5) is 20.5. The van der Waals surface area contributed by atoms with Gasteiger partial charge in [-0.05, 0) is 73.3 Å². The van der Waals surface area contributed by atoms with Gasteiger partial charge in [-0.15, -0.1) is 4.91 Å². The summed E-state index contributed by atoms with van der Waals surface area (Å²) in [5, 5.41) is 10.0. The van der Waals surface area contributed by atoms with Crippen molar-refractivity contribution in [1.29, 1.82) is 0 Å². The smallest absolute Gasteiger partial charge is 0.174 e. The summed E-state index contributed by atoms with van der Waals surface area (Å²) in [6, 6.07) is 11.8. The SMILES string of the molecule is Cc1ccc(Nc2nc3ccc(N=O)cc3nc2NC2CCCCC2)cc1C. The molecule has 144 valence electrons. The Morgan fingerprint density at radius 3 is 2.43 bits per heavy atom. The summed E-state index contributed by atoms with van der Waals surface area (Å²) in [6.07, 6.45) is 6.04. The van der Waals surface area contributed by atoms with Crippen LogP contribution in [0.5, 0.6) is 0 Å². The molecule has 0 radical (unpaired) electrons. The molecule has 2 N–H and O–H groups in total. The molecule has 2 aromatic carbocycles. The number of aryl methyl sites for hydroxylation is 2. The maximum atomic E-state index is 10.9. The molecular formula is C22H25N5O. The van der Waals surface area contributed by atoms with Crippen molar-refractivity contribution in [3.8, 4) is 0 Å². The lowest BCUT2D eigenvalue weighted by molar-refractivity contribution is 0.462. The normalized spacial score (nSPS) is 14.8. The first-order valence-electron chi connectivity index (χ1n) is 9.88. The van der Waals surface area contributed by atoms with E-state index in [0.29, 0.717) is 23.1 Å². The fourth-order valence-corrected chi connectivity index (χ4v) is 3.68. The third kappa shape index (κ3) is 3.96. The van der Waals surface area contributed by atoms with E-state index >= 15 is 0 Å². The number of rotatable bonds is 5. The number of anilines is 3. The summed E-state index contributed by atoms with van der Waals surface area (Å²) in [7, 11) is 0. The molecule has 3 aromatic rings. The molecular weight excluding hydrogens is 350 g/mol. The van der Waals surface area contributed by atoms with Gasteiger partial charge in [0.25, 0.3) is 0 Å². The molecule has 0 unspecified atom stereocenters. The van der Waals surface area contributed by atoms with E-state index in [1.54, 1.807) is 18.2 Å². The fraction of sp³-hybridized carbons (Fsp3) is 0.364. The first-order chi connectivity index (χ1) is 13.6. The highest BCUT2D eigenvalue weighted by molar-refractivity contribution is 5.84. The molecule has 1 aliphatic carbocycles. The highest BCUT2D eigenvalue weighted by Crippen LogP contribution is 2.30. The van der Waals surface area contributed by atoms with Crippen molar-refractivity contribution in [2.24, 2.45) is 5.18 Å². The first-order valence-corrected chi connectivity index (χ1v) is 9.88. The van der Waals surface area contributed by atoms with Crippen molar-refractivity contribution in [3.05, 3.63) is 52.4 Å². The summed E-state index contributed by atoms with van der Waals surface area (Å²) >= 11 is 0. The second kappa shape index (κ2) is 7.92. The molecule has 1 heterocycles. The zero-order valence-electron chi connectivity index (χ0n) is 16.3. The average molecular weight is 375 g/mol. The van der Waals surface area contributed by atoms with E-state index in [2.05, 4.69) is 47.9 Å². The molecule has 1 aliphatic rings. The quantitative estimate of drug-likeness (QED) is 0.524. The third-order valence-corrected chi connectivity index (χ3v) is 5.47. The maximum Gasteiger partial charge on any atom is 0.174 e. The Balaban J connectivity index is 1.73. The van der Waals surface area contributed by atoms with Gasteiger partial charge in [-0.2, -0.15) is 0 Å². The van der Waals surface area contributed by atoms with Gasteiger partial charge < -0.3 is 10.6 Å². The van der Waals surface area contributed by atoms with Gasteiger partial charge in [-0.25, -0.2) is 9.97 Å². The van der Waals surface area contributed by atoms with Crippen molar-refractivity contribution in [1.82, 2.24) is 9.97 Å². The predicted molar refractivity (Wildman–Crippen MR) is 115 cm³/mol. The third-order valence-electron chi connectivity index (χ3n) is 5.47. The minimum Gasteiger partial charge on any atom is -0.364 e. The lowest BCUT2D eigenvalue weighted by Crippen LogP contribution is -2.23. The second-order valence-corrected chi connectivity index (χ2v) is 7.59. The van der Waals surface area contributed by atoms with E-state index in [1.807, 2.05) is 0 Å². The standard InChI is InChI=1S/C22H25N5O/c1-14-8-9-17(12-15(14)2)24-22-21(23-16-6-4-3-5-7-16)26-20-13-18(27-28)10-11-19(20)25-22/h8-13,16H,3-7H2,1-2H3,(H,23,26)(H,24,25). The van der Waals surface area contributed by atoms with Crippen LogP contribution < -0.4 is 10.6 Å². The van der Waals surface area contributed by atoms with E-state index in [4.69, 9.17) is 9.97 Å². The van der Waals surface area contributed by atoms with E-state index in [-0.39, 0.29) is 0 Å². The van der Waals surface area contributed by atoms with Crippen LogP contribution in [-0.4, -0.2) is 16.0 Å². The maximum absolute atomic E-state index is 10.9. The molecule has 0 spiro atoms. The highest BCUT2D eigenvalue weighted by Gasteiger charge is 2.17. The molecule has 6 nitrogen and oxygen atoms in total. The Morgan fingerprint density at radius 1 is 0.893 bits per heavy atom. The number of nitrogens with zero attached hydrogens (tertiary/aromatic N) is 3. The van der Waals surface area contributed by atoms with Crippen molar-refractivity contribution in [2.75, 3.05) is 10.6 Å². The van der Waals surface area contributed by atoms with Gasteiger partial charge >= 0.3 is 0 Å². The molecule has 1 fully saturated rings. The minimum atomic E-state index is 0.361. The zero-order valence-corrected chi connectivity index (χ0v) is 16.3. The Hall–Kier alpha value is -3.02. The van der Waals surface area contributed by atoms with Gasteiger partial charge in [0.05, 0.1) is 11.0 Å². The monoisotopic (exact) mass is 375 g/mol. The van der Waals surface area contributed by atoms with Crippen LogP contribution in [0.3, 0.4) is 0 Å². The Morgan fingerprint density at radius 2 is 1.68 bits per heavy atom. The summed E-state index contributed by atoms with van der Waals surface area (Å²) in [5.74, 6) is 1.42. The summed E-state index contributed by atoms with van der Waals surface area (Å²) in [5.41, 5.74) is 5.22. The summed E-state index contributed by atoms with van der Waals surface area (Å²) in [6.45, 7) is 4.20.